The first-order chi connectivity index (χ1) is 14.3. The monoisotopic (exact) mass is 433 g/mol. The number of benzene rings is 2. The molecule has 0 atom stereocenters. The van der Waals surface area contributed by atoms with Crippen molar-refractivity contribution in [2.75, 3.05) is 25.0 Å². The molecule has 158 valence electrons. The third kappa shape index (κ3) is 4.81. The van der Waals surface area contributed by atoms with Gasteiger partial charge < -0.3 is 10.1 Å². The van der Waals surface area contributed by atoms with Crippen LogP contribution in [0.4, 0.5) is 11.4 Å². The molecule has 1 aliphatic heterocycles. The third-order valence-electron chi connectivity index (χ3n) is 4.50. The number of carbonyl (C=O) groups is 2. The molecule has 0 radical (unpaired) electrons. The van der Waals surface area contributed by atoms with Crippen molar-refractivity contribution in [1.82, 2.24) is 4.31 Å². The maximum atomic E-state index is 12.5. The standard InChI is InChI=1S/C19H19N3O7S/c23-18(13-29-19(24)16-5-1-2-6-17(16)22(25)26)20-14-7-9-15(10-8-14)30(27,28)21-11-3-4-12-21/h1-2,5-10H,3-4,11-13H2,(H,20,23). The second-order valence-corrected chi connectivity index (χ2v) is 8.47. The van der Waals surface area contributed by atoms with Gasteiger partial charge in [-0.2, -0.15) is 4.31 Å². The minimum absolute atomic E-state index is 0.130. The first-order valence-electron chi connectivity index (χ1n) is 9.09. The van der Waals surface area contributed by atoms with Gasteiger partial charge in [0.2, 0.25) is 10.0 Å². The van der Waals surface area contributed by atoms with Gasteiger partial charge in [-0.25, -0.2) is 13.2 Å². The number of hydrogen-bond donors (Lipinski definition) is 1. The fraction of sp³-hybridized carbons (Fsp3) is 0.263. The molecule has 0 saturated carbocycles. The van der Waals surface area contributed by atoms with Crippen LogP contribution in [0.3, 0.4) is 0 Å². The zero-order chi connectivity index (χ0) is 21.7. The normalized spacial score (nSPS) is 14.3. The Morgan fingerprint density at radius 3 is 2.33 bits per heavy atom. The van der Waals surface area contributed by atoms with E-state index in [-0.39, 0.29) is 10.5 Å². The van der Waals surface area contributed by atoms with Gasteiger partial charge in [0.1, 0.15) is 5.56 Å². The number of nitrogens with one attached hydrogen (secondary N) is 1. The van der Waals surface area contributed by atoms with Crippen molar-refractivity contribution in [3.63, 3.8) is 0 Å². The minimum Gasteiger partial charge on any atom is -0.452 e. The zero-order valence-electron chi connectivity index (χ0n) is 15.8. The van der Waals surface area contributed by atoms with Gasteiger partial charge in [-0.1, -0.05) is 12.1 Å². The predicted molar refractivity (Wildman–Crippen MR) is 106 cm³/mol. The van der Waals surface area contributed by atoms with Crippen LogP contribution in [-0.2, 0) is 19.6 Å². The van der Waals surface area contributed by atoms with Crippen molar-refractivity contribution in [2.24, 2.45) is 0 Å². The summed E-state index contributed by atoms with van der Waals surface area (Å²) < 4.78 is 31.2. The van der Waals surface area contributed by atoms with Gasteiger partial charge in [0.05, 0.1) is 9.82 Å². The molecular weight excluding hydrogens is 414 g/mol. The average molecular weight is 433 g/mol. The van der Waals surface area contributed by atoms with E-state index in [1.54, 1.807) is 0 Å². The van der Waals surface area contributed by atoms with E-state index in [1.165, 1.54) is 46.8 Å². The molecule has 1 N–H and O–H groups in total. The molecule has 1 heterocycles. The van der Waals surface area contributed by atoms with Crippen molar-refractivity contribution in [2.45, 2.75) is 17.7 Å². The van der Waals surface area contributed by atoms with Crippen LogP contribution in [0.5, 0.6) is 0 Å². The number of anilines is 1. The number of nitro benzene ring substituents is 1. The molecular formula is C19H19N3O7S. The summed E-state index contributed by atoms with van der Waals surface area (Å²) in [5.74, 6) is -1.67. The molecule has 0 aromatic heterocycles. The summed E-state index contributed by atoms with van der Waals surface area (Å²) in [6.45, 7) is 0.330. The van der Waals surface area contributed by atoms with E-state index in [2.05, 4.69) is 5.32 Å². The Morgan fingerprint density at radius 2 is 1.70 bits per heavy atom. The van der Waals surface area contributed by atoms with Crippen LogP contribution in [0.25, 0.3) is 0 Å². The molecule has 2 aromatic carbocycles. The largest absolute Gasteiger partial charge is 0.452 e. The number of ether oxygens (including phenoxy) is 1. The Kier molecular flexibility index (Phi) is 6.43. The average Bonchev–Trinajstić information content (AvgIpc) is 3.28. The lowest BCUT2D eigenvalue weighted by molar-refractivity contribution is -0.385. The highest BCUT2D eigenvalue weighted by atomic mass is 32.2. The number of hydrogen-bond acceptors (Lipinski definition) is 7. The van der Waals surface area contributed by atoms with E-state index in [0.29, 0.717) is 18.8 Å². The topological polar surface area (TPSA) is 136 Å². The molecule has 1 fully saturated rings. The summed E-state index contributed by atoms with van der Waals surface area (Å²) in [7, 11) is -3.55. The van der Waals surface area contributed by atoms with Gasteiger partial charge in [-0.15, -0.1) is 0 Å². The van der Waals surface area contributed by atoms with E-state index < -0.39 is 39.1 Å². The van der Waals surface area contributed by atoms with Gasteiger partial charge >= 0.3 is 5.97 Å². The van der Waals surface area contributed by atoms with Crippen LogP contribution in [0.1, 0.15) is 23.2 Å². The van der Waals surface area contributed by atoms with E-state index >= 15 is 0 Å². The molecule has 10 nitrogen and oxygen atoms in total. The third-order valence-corrected chi connectivity index (χ3v) is 6.41. The molecule has 0 spiro atoms. The highest BCUT2D eigenvalue weighted by Crippen LogP contribution is 2.22. The highest BCUT2D eigenvalue weighted by Gasteiger charge is 2.27. The number of amides is 1. The smallest absolute Gasteiger partial charge is 0.345 e. The van der Waals surface area contributed by atoms with Crippen molar-refractivity contribution in [3.8, 4) is 0 Å². The predicted octanol–water partition coefficient (Wildman–Crippen LogP) is 2.17. The summed E-state index contributed by atoms with van der Waals surface area (Å²) in [4.78, 5) is 34.4. The lowest BCUT2D eigenvalue weighted by atomic mass is 10.2. The molecule has 11 heteroatoms. The number of nitro groups is 1. The highest BCUT2D eigenvalue weighted by molar-refractivity contribution is 7.89. The Hall–Kier alpha value is -3.31. The second kappa shape index (κ2) is 9.01. The van der Waals surface area contributed by atoms with Gasteiger partial charge in [-0.05, 0) is 43.2 Å². The number of para-hydroxylation sites is 1. The van der Waals surface area contributed by atoms with Gasteiger partial charge in [0.25, 0.3) is 11.6 Å². The van der Waals surface area contributed by atoms with Gasteiger partial charge in [0.15, 0.2) is 6.61 Å². The van der Waals surface area contributed by atoms with E-state index in [1.807, 2.05) is 0 Å². The SMILES string of the molecule is O=C(COC(=O)c1ccccc1[N+](=O)[O-])Nc1ccc(S(=O)(=O)N2CCCC2)cc1. The molecule has 3 rings (SSSR count). The molecule has 1 saturated heterocycles. The number of rotatable bonds is 7. The van der Waals surface area contributed by atoms with E-state index in [9.17, 15) is 28.1 Å². The van der Waals surface area contributed by atoms with Crippen LogP contribution >= 0.6 is 0 Å². The van der Waals surface area contributed by atoms with Gasteiger partial charge in [-0.3, -0.25) is 14.9 Å². The quantitative estimate of drug-likeness (QED) is 0.401. The van der Waals surface area contributed by atoms with Crippen molar-refractivity contribution in [1.29, 1.82) is 0 Å². The number of esters is 1. The summed E-state index contributed by atoms with van der Waals surface area (Å²) in [5, 5.41) is 13.4. The van der Waals surface area contributed by atoms with Crippen LogP contribution in [-0.4, -0.2) is 49.2 Å². The Bertz CT molecular complexity index is 1060. The van der Waals surface area contributed by atoms with E-state index in [4.69, 9.17) is 4.74 Å². The first-order valence-corrected chi connectivity index (χ1v) is 10.5. The van der Waals surface area contributed by atoms with Crippen molar-refractivity contribution in [3.05, 3.63) is 64.2 Å². The van der Waals surface area contributed by atoms with Crippen molar-refractivity contribution < 1.29 is 27.7 Å². The van der Waals surface area contributed by atoms with Gasteiger partial charge in [0, 0.05) is 24.8 Å². The molecule has 1 aliphatic rings. The fourth-order valence-corrected chi connectivity index (χ4v) is 4.52. The van der Waals surface area contributed by atoms with Crippen molar-refractivity contribution >= 4 is 33.3 Å². The minimum atomic E-state index is -3.55. The second-order valence-electron chi connectivity index (χ2n) is 6.53. The molecule has 0 aliphatic carbocycles. The zero-order valence-corrected chi connectivity index (χ0v) is 16.6. The summed E-state index contributed by atoms with van der Waals surface area (Å²) >= 11 is 0. The lowest BCUT2D eigenvalue weighted by Crippen LogP contribution is -2.27. The molecule has 30 heavy (non-hydrogen) atoms. The Balaban J connectivity index is 1.58. The van der Waals surface area contributed by atoms with Crippen LogP contribution in [0.2, 0.25) is 0 Å². The lowest BCUT2D eigenvalue weighted by Gasteiger charge is -2.15. The van der Waals surface area contributed by atoms with E-state index in [0.717, 1.165) is 18.9 Å². The summed E-state index contributed by atoms with van der Waals surface area (Å²) in [5.41, 5.74) is -0.355. The molecule has 0 bridgehead atoms. The molecule has 1 amide bonds. The number of carbonyl (C=O) groups excluding carboxylic acids is 2. The maximum absolute atomic E-state index is 12.5. The first kappa shape index (κ1) is 21.4. The van der Waals surface area contributed by atoms with Crippen LogP contribution in [0.15, 0.2) is 53.4 Å². The summed E-state index contributed by atoms with van der Waals surface area (Å²) in [6.07, 6.45) is 1.66. The van der Waals surface area contributed by atoms with Crippen LogP contribution < -0.4 is 5.32 Å². The Morgan fingerprint density at radius 1 is 1.07 bits per heavy atom. The molecule has 0 unspecified atom stereocenters. The Labute approximate surface area is 172 Å². The summed E-state index contributed by atoms with van der Waals surface area (Å²) in [6, 6.07) is 10.9. The van der Waals surface area contributed by atoms with Crippen LogP contribution in [0, 0.1) is 10.1 Å². The maximum Gasteiger partial charge on any atom is 0.345 e. The molecule has 2 aromatic rings. The number of sulfonamides is 1. The number of nitrogens with zero attached hydrogens (tertiary/aromatic N) is 2. The fourth-order valence-electron chi connectivity index (χ4n) is 3.00.